The summed E-state index contributed by atoms with van der Waals surface area (Å²) in [5.41, 5.74) is 1.34. The molecule has 244 valence electrons. The Balaban J connectivity index is 1.09. The second kappa shape index (κ2) is 13.4. The molecular weight excluding hydrogens is 600 g/mol. The lowest BCUT2D eigenvalue weighted by Crippen LogP contribution is -2.38. The Bertz CT molecular complexity index is 1250. The Hall–Kier alpha value is -2.60. The first-order chi connectivity index (χ1) is 20.8. The van der Waals surface area contributed by atoms with E-state index in [9.17, 15) is 30.7 Å². The summed E-state index contributed by atoms with van der Waals surface area (Å²) in [6, 6.07) is 7.06. The van der Waals surface area contributed by atoms with Crippen LogP contribution in [0.15, 0.2) is 36.4 Å². The van der Waals surface area contributed by atoms with Gasteiger partial charge in [0.1, 0.15) is 11.6 Å². The molecule has 1 heterocycles. The van der Waals surface area contributed by atoms with E-state index in [-0.39, 0.29) is 30.5 Å². The lowest BCUT2D eigenvalue weighted by atomic mass is 9.68. The van der Waals surface area contributed by atoms with Crippen LogP contribution in [-0.2, 0) is 9.47 Å². The minimum Gasteiger partial charge on any atom is -0.449 e. The van der Waals surface area contributed by atoms with Gasteiger partial charge in [0.2, 0.25) is 0 Å². The molecule has 2 aromatic carbocycles. The summed E-state index contributed by atoms with van der Waals surface area (Å²) in [7, 11) is 0. The molecule has 12 heteroatoms. The molecule has 2 aromatic rings. The molecule has 3 fully saturated rings. The van der Waals surface area contributed by atoms with Gasteiger partial charge in [0.05, 0.1) is 19.1 Å². The van der Waals surface area contributed by atoms with E-state index in [2.05, 4.69) is 4.74 Å². The van der Waals surface area contributed by atoms with Crippen LogP contribution in [0.1, 0.15) is 81.6 Å². The lowest BCUT2D eigenvalue weighted by Gasteiger charge is -2.39. The molecule has 0 N–H and O–H groups in total. The van der Waals surface area contributed by atoms with Crippen LogP contribution in [-0.4, -0.2) is 31.9 Å². The van der Waals surface area contributed by atoms with E-state index in [0.29, 0.717) is 61.2 Å². The summed E-state index contributed by atoms with van der Waals surface area (Å²) in [5, 5.41) is 0. The SMILES string of the molecule is CC1COC(c2ccc(C3CCC(C4CCC(C(F)(F)Oc5ccc(OC(F)C(F)(F)F)c(F)c5)CC4)CC3)c(F)c2)OC1. The Morgan fingerprint density at radius 3 is 1.95 bits per heavy atom. The van der Waals surface area contributed by atoms with Crippen LogP contribution >= 0.6 is 0 Å². The first-order valence-corrected chi connectivity index (χ1v) is 15.1. The van der Waals surface area contributed by atoms with Crippen LogP contribution in [0.25, 0.3) is 0 Å². The molecule has 4 nitrogen and oxygen atoms in total. The molecule has 3 aliphatic rings. The Labute approximate surface area is 251 Å². The number of rotatable bonds is 8. The van der Waals surface area contributed by atoms with Crippen molar-refractivity contribution in [1.82, 2.24) is 0 Å². The Kier molecular flexibility index (Phi) is 9.99. The smallest absolute Gasteiger partial charge is 0.449 e. The third kappa shape index (κ3) is 7.78. The highest BCUT2D eigenvalue weighted by atomic mass is 19.4. The Morgan fingerprint density at radius 1 is 0.773 bits per heavy atom. The van der Waals surface area contributed by atoms with E-state index >= 15 is 4.39 Å². The van der Waals surface area contributed by atoms with Crippen molar-refractivity contribution in [1.29, 1.82) is 0 Å². The van der Waals surface area contributed by atoms with E-state index < -0.39 is 48.2 Å². The second-order valence-corrected chi connectivity index (χ2v) is 12.3. The molecule has 1 saturated heterocycles. The summed E-state index contributed by atoms with van der Waals surface area (Å²) < 4.78 is 129. The van der Waals surface area contributed by atoms with Crippen molar-refractivity contribution in [2.24, 2.45) is 23.7 Å². The highest BCUT2D eigenvalue weighted by Crippen LogP contribution is 2.47. The molecule has 0 radical (unpaired) electrons. The van der Waals surface area contributed by atoms with E-state index in [0.717, 1.165) is 31.7 Å². The Morgan fingerprint density at radius 2 is 1.39 bits per heavy atom. The van der Waals surface area contributed by atoms with Crippen molar-refractivity contribution in [2.75, 3.05) is 13.2 Å². The summed E-state index contributed by atoms with van der Waals surface area (Å²) in [6.07, 6.45) is -8.43. The molecule has 1 aliphatic heterocycles. The molecule has 0 spiro atoms. The number of halogens is 8. The average Bonchev–Trinajstić information content (AvgIpc) is 2.98. The molecule has 0 amide bonds. The highest BCUT2D eigenvalue weighted by Gasteiger charge is 2.46. The maximum absolute atomic E-state index is 15.1. The maximum atomic E-state index is 15.1. The minimum atomic E-state index is -5.36. The predicted molar refractivity (Wildman–Crippen MR) is 144 cm³/mol. The topological polar surface area (TPSA) is 36.9 Å². The van der Waals surface area contributed by atoms with Gasteiger partial charge in [-0.1, -0.05) is 19.1 Å². The van der Waals surface area contributed by atoms with Crippen LogP contribution in [0.4, 0.5) is 35.1 Å². The average molecular weight is 637 g/mol. The molecule has 0 bridgehead atoms. The van der Waals surface area contributed by atoms with Crippen LogP contribution in [0.2, 0.25) is 0 Å². The third-order valence-electron chi connectivity index (χ3n) is 9.13. The summed E-state index contributed by atoms with van der Waals surface area (Å²) in [5.74, 6) is -3.52. The summed E-state index contributed by atoms with van der Waals surface area (Å²) in [4.78, 5) is 0. The number of hydrogen-bond donors (Lipinski definition) is 0. The lowest BCUT2D eigenvalue weighted by molar-refractivity contribution is -0.237. The number of alkyl halides is 6. The standard InChI is InChI=1S/C32H36F8O4/c1-18-16-41-29(42-17-18)22-8-12-25(26(33)14-22)21-4-2-19(3-5-21)20-6-9-23(10-7-20)32(39,40)44-24-11-13-28(27(34)15-24)43-30(35)31(36,37)38/h8,11-15,18-21,23,29-30H,2-7,9-10,16-17H2,1H3. The number of benzene rings is 2. The fourth-order valence-corrected chi connectivity index (χ4v) is 6.70. The minimum absolute atomic E-state index is 0.0871. The van der Waals surface area contributed by atoms with Crippen LogP contribution in [0, 0.1) is 35.3 Å². The van der Waals surface area contributed by atoms with Gasteiger partial charge in [0, 0.05) is 17.5 Å². The van der Waals surface area contributed by atoms with Crippen LogP contribution in [0.3, 0.4) is 0 Å². The molecule has 44 heavy (non-hydrogen) atoms. The van der Waals surface area contributed by atoms with Gasteiger partial charge in [-0.05, 0) is 92.9 Å². The van der Waals surface area contributed by atoms with E-state index in [1.807, 2.05) is 19.1 Å². The quantitative estimate of drug-likeness (QED) is 0.271. The van der Waals surface area contributed by atoms with Crippen LogP contribution in [0.5, 0.6) is 11.5 Å². The molecule has 5 rings (SSSR count). The number of ether oxygens (including phenoxy) is 4. The van der Waals surface area contributed by atoms with Crippen LogP contribution < -0.4 is 9.47 Å². The van der Waals surface area contributed by atoms with Crippen molar-refractivity contribution in [2.45, 2.75) is 89.1 Å². The van der Waals surface area contributed by atoms with Gasteiger partial charge < -0.3 is 18.9 Å². The normalized spacial score (nSPS) is 29.2. The van der Waals surface area contributed by atoms with Gasteiger partial charge >= 0.3 is 18.6 Å². The van der Waals surface area contributed by atoms with Gasteiger partial charge in [0.25, 0.3) is 0 Å². The number of hydrogen-bond acceptors (Lipinski definition) is 4. The van der Waals surface area contributed by atoms with Gasteiger partial charge in [-0.3, -0.25) is 0 Å². The van der Waals surface area contributed by atoms with Crippen molar-refractivity contribution in [3.8, 4) is 11.5 Å². The van der Waals surface area contributed by atoms with Crippen molar-refractivity contribution >= 4 is 0 Å². The highest BCUT2D eigenvalue weighted by molar-refractivity contribution is 5.33. The zero-order valence-corrected chi connectivity index (χ0v) is 24.2. The largest absolute Gasteiger partial charge is 0.457 e. The van der Waals surface area contributed by atoms with Crippen molar-refractivity contribution < 1.29 is 54.1 Å². The zero-order chi connectivity index (χ0) is 31.6. The van der Waals surface area contributed by atoms with E-state index in [4.69, 9.17) is 14.2 Å². The summed E-state index contributed by atoms with van der Waals surface area (Å²) in [6.45, 7) is 3.15. The second-order valence-electron chi connectivity index (χ2n) is 12.3. The first kappa shape index (κ1) is 32.8. The van der Waals surface area contributed by atoms with Crippen molar-refractivity contribution in [3.63, 3.8) is 0 Å². The molecule has 0 aromatic heterocycles. The first-order valence-electron chi connectivity index (χ1n) is 15.1. The molecular formula is C32H36F8O4. The molecule has 1 unspecified atom stereocenters. The maximum Gasteiger partial charge on any atom is 0.457 e. The summed E-state index contributed by atoms with van der Waals surface area (Å²) >= 11 is 0. The van der Waals surface area contributed by atoms with Gasteiger partial charge in [-0.2, -0.15) is 26.3 Å². The van der Waals surface area contributed by atoms with Gasteiger partial charge in [-0.25, -0.2) is 8.78 Å². The van der Waals surface area contributed by atoms with Gasteiger partial charge in [-0.15, -0.1) is 0 Å². The fraction of sp³-hybridized carbons (Fsp3) is 0.625. The van der Waals surface area contributed by atoms with Crippen molar-refractivity contribution in [3.05, 3.63) is 59.2 Å². The molecule has 1 atom stereocenters. The third-order valence-corrected chi connectivity index (χ3v) is 9.13. The molecule has 2 saturated carbocycles. The fourth-order valence-electron chi connectivity index (χ4n) is 6.70. The van der Waals surface area contributed by atoms with E-state index in [1.54, 1.807) is 0 Å². The van der Waals surface area contributed by atoms with Gasteiger partial charge in [0.15, 0.2) is 17.9 Å². The predicted octanol–water partition coefficient (Wildman–Crippen LogP) is 9.63. The monoisotopic (exact) mass is 636 g/mol. The molecule has 2 aliphatic carbocycles. The zero-order valence-electron chi connectivity index (χ0n) is 24.2. The van der Waals surface area contributed by atoms with E-state index in [1.165, 1.54) is 6.07 Å².